The number of aryl methyl sites for hydroxylation is 1. The Morgan fingerprint density at radius 1 is 1.47 bits per heavy atom. The molecule has 1 N–H and O–H groups in total. The van der Waals surface area contributed by atoms with Crippen LogP contribution in [0.1, 0.15) is 22.3 Å². The van der Waals surface area contributed by atoms with Gasteiger partial charge in [0.05, 0.1) is 6.61 Å². The quantitative estimate of drug-likeness (QED) is 0.804. The third-order valence-corrected chi connectivity index (χ3v) is 3.48. The standard InChI is InChI=1S/C14H15NO2/c1-9-3-2-4-12-13(9)11(7-15-12)14(16)10-5-6-17-8-10/h2-4,7,10,15H,5-6,8H2,1H3. The van der Waals surface area contributed by atoms with Gasteiger partial charge in [-0.25, -0.2) is 0 Å². The maximum atomic E-state index is 12.4. The second kappa shape index (κ2) is 4.00. The number of carbonyl (C=O) groups excluding carboxylic acids is 1. The molecule has 1 aromatic heterocycles. The maximum Gasteiger partial charge on any atom is 0.170 e. The van der Waals surface area contributed by atoms with Crippen molar-refractivity contribution in [2.75, 3.05) is 13.2 Å². The van der Waals surface area contributed by atoms with E-state index in [-0.39, 0.29) is 11.7 Å². The second-order valence-corrected chi connectivity index (χ2v) is 4.62. The molecule has 88 valence electrons. The van der Waals surface area contributed by atoms with Gasteiger partial charge in [0, 0.05) is 35.2 Å². The number of ether oxygens (including phenoxy) is 1. The molecule has 3 nitrogen and oxygen atoms in total. The Bertz CT molecular complexity index is 565. The lowest BCUT2D eigenvalue weighted by Gasteiger charge is -2.06. The molecular weight excluding hydrogens is 214 g/mol. The van der Waals surface area contributed by atoms with Crippen LogP contribution in [0.3, 0.4) is 0 Å². The fourth-order valence-electron chi connectivity index (χ4n) is 2.52. The van der Waals surface area contributed by atoms with Crippen LogP contribution in [0, 0.1) is 12.8 Å². The predicted molar refractivity (Wildman–Crippen MR) is 66.3 cm³/mol. The van der Waals surface area contributed by atoms with Gasteiger partial charge in [-0.15, -0.1) is 0 Å². The van der Waals surface area contributed by atoms with Crippen LogP contribution in [-0.4, -0.2) is 24.0 Å². The Morgan fingerprint density at radius 2 is 2.35 bits per heavy atom. The van der Waals surface area contributed by atoms with Gasteiger partial charge in [0.1, 0.15) is 0 Å². The molecule has 0 spiro atoms. The minimum absolute atomic E-state index is 0.0357. The van der Waals surface area contributed by atoms with Crippen LogP contribution in [0.15, 0.2) is 24.4 Å². The van der Waals surface area contributed by atoms with Crippen molar-refractivity contribution >= 4 is 16.7 Å². The van der Waals surface area contributed by atoms with Crippen molar-refractivity contribution in [2.45, 2.75) is 13.3 Å². The van der Waals surface area contributed by atoms with E-state index in [0.29, 0.717) is 13.2 Å². The number of benzene rings is 1. The zero-order valence-corrected chi connectivity index (χ0v) is 9.82. The molecule has 3 rings (SSSR count). The largest absolute Gasteiger partial charge is 0.381 e. The van der Waals surface area contributed by atoms with Crippen molar-refractivity contribution in [3.8, 4) is 0 Å². The lowest BCUT2D eigenvalue weighted by atomic mass is 9.95. The van der Waals surface area contributed by atoms with E-state index in [9.17, 15) is 4.79 Å². The SMILES string of the molecule is Cc1cccc2[nH]cc(C(=O)C3CCOC3)c12. The van der Waals surface area contributed by atoms with Gasteiger partial charge in [-0.3, -0.25) is 4.79 Å². The summed E-state index contributed by atoms with van der Waals surface area (Å²) < 4.78 is 5.29. The number of rotatable bonds is 2. The fourth-order valence-corrected chi connectivity index (χ4v) is 2.52. The Hall–Kier alpha value is -1.61. The van der Waals surface area contributed by atoms with Gasteiger partial charge in [0.25, 0.3) is 0 Å². The molecule has 1 saturated heterocycles. The Labute approximate surface area is 99.8 Å². The lowest BCUT2D eigenvalue weighted by Crippen LogP contribution is -2.14. The van der Waals surface area contributed by atoms with Crippen LogP contribution in [0.5, 0.6) is 0 Å². The molecule has 1 aromatic carbocycles. The molecule has 17 heavy (non-hydrogen) atoms. The highest BCUT2D eigenvalue weighted by molar-refractivity contribution is 6.10. The van der Waals surface area contributed by atoms with Crippen molar-refractivity contribution in [2.24, 2.45) is 5.92 Å². The summed E-state index contributed by atoms with van der Waals surface area (Å²) in [6.45, 7) is 3.31. The minimum Gasteiger partial charge on any atom is -0.381 e. The summed E-state index contributed by atoms with van der Waals surface area (Å²) >= 11 is 0. The number of fused-ring (bicyclic) bond motifs is 1. The average Bonchev–Trinajstić information content (AvgIpc) is 2.98. The van der Waals surface area contributed by atoms with Crippen molar-refractivity contribution < 1.29 is 9.53 Å². The topological polar surface area (TPSA) is 42.1 Å². The van der Waals surface area contributed by atoms with E-state index in [1.54, 1.807) is 0 Å². The van der Waals surface area contributed by atoms with Crippen LogP contribution in [-0.2, 0) is 4.74 Å². The van der Waals surface area contributed by atoms with Crippen LogP contribution in [0.2, 0.25) is 0 Å². The van der Waals surface area contributed by atoms with E-state index < -0.39 is 0 Å². The van der Waals surface area contributed by atoms with Crippen LogP contribution in [0.4, 0.5) is 0 Å². The number of carbonyl (C=O) groups is 1. The molecule has 2 heterocycles. The first kappa shape index (κ1) is 10.5. The summed E-state index contributed by atoms with van der Waals surface area (Å²) in [6.07, 6.45) is 2.68. The predicted octanol–water partition coefficient (Wildman–Crippen LogP) is 2.70. The smallest absolute Gasteiger partial charge is 0.170 e. The van der Waals surface area contributed by atoms with Gasteiger partial charge < -0.3 is 9.72 Å². The number of H-pyrrole nitrogens is 1. The molecule has 1 aliphatic heterocycles. The van der Waals surface area contributed by atoms with Crippen molar-refractivity contribution in [1.82, 2.24) is 4.98 Å². The highest BCUT2D eigenvalue weighted by Crippen LogP contribution is 2.26. The van der Waals surface area contributed by atoms with E-state index in [0.717, 1.165) is 28.5 Å². The molecule has 0 radical (unpaired) electrons. The molecular formula is C14H15NO2. The third kappa shape index (κ3) is 1.67. The molecule has 2 aromatic rings. The first-order chi connectivity index (χ1) is 8.27. The minimum atomic E-state index is 0.0357. The van der Waals surface area contributed by atoms with E-state index >= 15 is 0 Å². The number of hydrogen-bond acceptors (Lipinski definition) is 2. The molecule has 0 aliphatic carbocycles. The van der Waals surface area contributed by atoms with Crippen LogP contribution >= 0.6 is 0 Å². The first-order valence-electron chi connectivity index (χ1n) is 5.96. The molecule has 1 unspecified atom stereocenters. The molecule has 3 heteroatoms. The Morgan fingerprint density at radius 3 is 3.12 bits per heavy atom. The number of aromatic nitrogens is 1. The van der Waals surface area contributed by atoms with Crippen LogP contribution in [0.25, 0.3) is 10.9 Å². The highest BCUT2D eigenvalue weighted by atomic mass is 16.5. The molecule has 1 atom stereocenters. The Balaban J connectivity index is 2.08. The summed E-state index contributed by atoms with van der Waals surface area (Å²) in [6, 6.07) is 6.05. The zero-order valence-electron chi connectivity index (χ0n) is 9.82. The Kier molecular flexibility index (Phi) is 2.48. The van der Waals surface area contributed by atoms with Gasteiger partial charge in [-0.05, 0) is 25.0 Å². The number of nitrogens with one attached hydrogen (secondary N) is 1. The summed E-state index contributed by atoms with van der Waals surface area (Å²) in [7, 11) is 0. The third-order valence-electron chi connectivity index (χ3n) is 3.48. The molecule has 1 aliphatic rings. The molecule has 0 saturated carbocycles. The van der Waals surface area contributed by atoms with Gasteiger partial charge in [0.2, 0.25) is 0 Å². The summed E-state index contributed by atoms with van der Waals surface area (Å²) in [4.78, 5) is 15.5. The highest BCUT2D eigenvalue weighted by Gasteiger charge is 2.26. The average molecular weight is 229 g/mol. The molecule has 0 bridgehead atoms. The van der Waals surface area contributed by atoms with Gasteiger partial charge in [0.15, 0.2) is 5.78 Å². The van der Waals surface area contributed by atoms with Crippen molar-refractivity contribution in [3.05, 3.63) is 35.5 Å². The fraction of sp³-hybridized carbons (Fsp3) is 0.357. The molecule has 1 fully saturated rings. The second-order valence-electron chi connectivity index (χ2n) is 4.62. The van der Waals surface area contributed by atoms with Gasteiger partial charge >= 0.3 is 0 Å². The first-order valence-corrected chi connectivity index (χ1v) is 5.96. The zero-order chi connectivity index (χ0) is 11.8. The number of Topliss-reactive ketones (excluding diaryl/α,β-unsaturated/α-hetero) is 1. The summed E-state index contributed by atoms with van der Waals surface area (Å²) in [5.41, 5.74) is 2.99. The lowest BCUT2D eigenvalue weighted by molar-refractivity contribution is 0.0902. The van der Waals surface area contributed by atoms with Gasteiger partial charge in [-0.2, -0.15) is 0 Å². The van der Waals surface area contributed by atoms with E-state index in [4.69, 9.17) is 4.74 Å². The number of hydrogen-bond donors (Lipinski definition) is 1. The monoisotopic (exact) mass is 229 g/mol. The van der Waals surface area contributed by atoms with Crippen LogP contribution < -0.4 is 0 Å². The van der Waals surface area contributed by atoms with Gasteiger partial charge in [-0.1, -0.05) is 12.1 Å². The van der Waals surface area contributed by atoms with E-state index in [1.807, 2.05) is 31.3 Å². The van der Waals surface area contributed by atoms with E-state index in [2.05, 4.69) is 4.98 Å². The van der Waals surface area contributed by atoms with E-state index in [1.165, 1.54) is 0 Å². The van der Waals surface area contributed by atoms with Crippen molar-refractivity contribution in [1.29, 1.82) is 0 Å². The van der Waals surface area contributed by atoms with Crippen molar-refractivity contribution in [3.63, 3.8) is 0 Å². The summed E-state index contributed by atoms with van der Waals surface area (Å²) in [5, 5.41) is 1.06. The molecule has 0 amide bonds. The number of ketones is 1. The summed E-state index contributed by atoms with van der Waals surface area (Å²) in [5.74, 6) is 0.247. The normalized spacial score (nSPS) is 19.9. The number of aromatic amines is 1. The maximum absolute atomic E-state index is 12.4.